The highest BCUT2D eigenvalue weighted by Crippen LogP contribution is 2.25. The van der Waals surface area contributed by atoms with Crippen LogP contribution in [0.15, 0.2) is 11.4 Å². The summed E-state index contributed by atoms with van der Waals surface area (Å²) < 4.78 is 0. The molecule has 0 bridgehead atoms. The average molecular weight is 269 g/mol. The third-order valence-corrected chi connectivity index (χ3v) is 4.09. The van der Waals surface area contributed by atoms with E-state index in [0.717, 1.165) is 12.0 Å². The zero-order chi connectivity index (χ0) is 13.3. The van der Waals surface area contributed by atoms with Crippen molar-refractivity contribution >= 4 is 23.2 Å². The second-order valence-electron chi connectivity index (χ2n) is 4.33. The summed E-state index contributed by atoms with van der Waals surface area (Å²) >= 11 is 1.32. The summed E-state index contributed by atoms with van der Waals surface area (Å²) in [6.45, 7) is 2.04. The molecule has 1 aliphatic rings. The third kappa shape index (κ3) is 2.26. The first-order valence-corrected chi connectivity index (χ1v) is 6.70. The molecule has 2 heterocycles. The fourth-order valence-electron chi connectivity index (χ4n) is 2.20. The zero-order valence-electron chi connectivity index (χ0n) is 10.00. The number of thiophene rings is 1. The number of aliphatic carboxylic acids is 1. The number of likely N-dealkylation sites (tertiary alicyclic amines) is 1. The van der Waals surface area contributed by atoms with Gasteiger partial charge in [0.05, 0.1) is 11.0 Å². The van der Waals surface area contributed by atoms with Gasteiger partial charge in [0.2, 0.25) is 0 Å². The molecule has 2 rings (SSSR count). The van der Waals surface area contributed by atoms with E-state index in [1.54, 1.807) is 0 Å². The van der Waals surface area contributed by atoms with Crippen LogP contribution in [0.5, 0.6) is 0 Å². The molecule has 5 nitrogen and oxygen atoms in total. The van der Waals surface area contributed by atoms with Crippen molar-refractivity contribution in [3.8, 4) is 0 Å². The minimum atomic E-state index is -1.06. The number of nitrogens with zero attached hydrogens (tertiary/aromatic N) is 1. The van der Waals surface area contributed by atoms with Crippen LogP contribution in [0.1, 0.15) is 28.6 Å². The number of rotatable bonds is 3. The summed E-state index contributed by atoms with van der Waals surface area (Å²) in [4.78, 5) is 25.2. The lowest BCUT2D eigenvalue weighted by atomic mass is 10.1. The third-order valence-electron chi connectivity index (χ3n) is 3.15. The first-order valence-electron chi connectivity index (χ1n) is 5.82. The van der Waals surface area contributed by atoms with Crippen LogP contribution in [0, 0.1) is 0 Å². The molecule has 98 valence electrons. The van der Waals surface area contributed by atoms with Gasteiger partial charge >= 0.3 is 5.97 Å². The molecule has 0 spiro atoms. The molecule has 0 saturated carbocycles. The van der Waals surface area contributed by atoms with Crippen molar-refractivity contribution in [1.29, 1.82) is 0 Å². The minimum Gasteiger partial charge on any atom is -0.480 e. The Bertz CT molecular complexity index is 470. The number of carboxylic acid groups (broad SMARTS) is 1. The van der Waals surface area contributed by atoms with Crippen LogP contribution >= 0.6 is 11.3 Å². The van der Waals surface area contributed by atoms with Gasteiger partial charge in [-0.3, -0.25) is 4.79 Å². The number of aliphatic hydroxyl groups excluding tert-OH is 1. The van der Waals surface area contributed by atoms with Gasteiger partial charge < -0.3 is 15.1 Å². The Labute approximate surface area is 109 Å². The molecule has 1 saturated heterocycles. The largest absolute Gasteiger partial charge is 0.480 e. The van der Waals surface area contributed by atoms with Gasteiger partial charge in [-0.2, -0.15) is 0 Å². The first kappa shape index (κ1) is 13.0. The quantitative estimate of drug-likeness (QED) is 0.857. The summed E-state index contributed by atoms with van der Waals surface area (Å²) in [6, 6.07) is 0.958. The molecular weight excluding hydrogens is 254 g/mol. The fourth-order valence-corrected chi connectivity index (χ4v) is 3.15. The Morgan fingerprint density at radius 3 is 2.89 bits per heavy atom. The smallest absolute Gasteiger partial charge is 0.326 e. The minimum absolute atomic E-state index is 0.0941. The fraction of sp³-hybridized carbons (Fsp3) is 0.500. The maximum Gasteiger partial charge on any atom is 0.326 e. The lowest BCUT2D eigenvalue weighted by molar-refractivity contribution is -0.141. The topological polar surface area (TPSA) is 77.8 Å². The number of carboxylic acids is 1. The summed E-state index contributed by atoms with van der Waals surface area (Å²) in [6.07, 6.45) is 0.0900. The Morgan fingerprint density at radius 1 is 1.56 bits per heavy atom. The number of amides is 1. The normalized spacial score (nSPS) is 23.3. The molecule has 1 unspecified atom stereocenters. The summed E-state index contributed by atoms with van der Waals surface area (Å²) in [7, 11) is 0. The predicted molar refractivity (Wildman–Crippen MR) is 66.8 cm³/mol. The van der Waals surface area contributed by atoms with Gasteiger partial charge in [0.1, 0.15) is 6.04 Å². The second kappa shape index (κ2) is 5.07. The molecule has 1 aromatic heterocycles. The van der Waals surface area contributed by atoms with E-state index in [1.807, 2.05) is 18.4 Å². The van der Waals surface area contributed by atoms with Crippen LogP contribution in [0.25, 0.3) is 0 Å². The average Bonchev–Trinajstić information content (AvgIpc) is 2.93. The Kier molecular flexibility index (Phi) is 3.68. The van der Waals surface area contributed by atoms with E-state index in [0.29, 0.717) is 4.88 Å². The van der Waals surface area contributed by atoms with Crippen molar-refractivity contribution in [1.82, 2.24) is 4.90 Å². The zero-order valence-corrected chi connectivity index (χ0v) is 10.8. The molecule has 0 aliphatic carbocycles. The number of hydrogen-bond acceptors (Lipinski definition) is 4. The van der Waals surface area contributed by atoms with Gasteiger partial charge in [0, 0.05) is 13.0 Å². The number of β-amino-alcohol motifs (C(OH)–C–C–N with tert-alkyl or cyclic N) is 1. The van der Waals surface area contributed by atoms with Crippen molar-refractivity contribution in [2.45, 2.75) is 31.9 Å². The van der Waals surface area contributed by atoms with E-state index < -0.39 is 18.1 Å². The lowest BCUT2D eigenvalue weighted by Crippen LogP contribution is -2.40. The molecule has 1 amide bonds. The van der Waals surface area contributed by atoms with Crippen molar-refractivity contribution in [2.24, 2.45) is 0 Å². The van der Waals surface area contributed by atoms with Gasteiger partial charge in [-0.15, -0.1) is 11.3 Å². The van der Waals surface area contributed by atoms with Crippen molar-refractivity contribution in [2.75, 3.05) is 6.54 Å². The number of hydrogen-bond donors (Lipinski definition) is 2. The first-order chi connectivity index (χ1) is 8.54. The van der Waals surface area contributed by atoms with Crippen molar-refractivity contribution in [3.05, 3.63) is 21.9 Å². The molecule has 2 atom stereocenters. The van der Waals surface area contributed by atoms with Crippen LogP contribution in [0.3, 0.4) is 0 Å². The van der Waals surface area contributed by atoms with Crippen molar-refractivity contribution in [3.63, 3.8) is 0 Å². The van der Waals surface area contributed by atoms with Crippen LogP contribution in [0.2, 0.25) is 0 Å². The van der Waals surface area contributed by atoms with E-state index in [2.05, 4.69) is 0 Å². The molecule has 1 aromatic rings. The van der Waals surface area contributed by atoms with E-state index in [4.69, 9.17) is 5.11 Å². The van der Waals surface area contributed by atoms with Crippen molar-refractivity contribution < 1.29 is 19.8 Å². The lowest BCUT2D eigenvalue weighted by Gasteiger charge is -2.20. The summed E-state index contributed by atoms with van der Waals surface area (Å²) in [5.74, 6) is -1.35. The van der Waals surface area contributed by atoms with Crippen LogP contribution < -0.4 is 0 Å². The Morgan fingerprint density at radius 2 is 2.28 bits per heavy atom. The Hall–Kier alpha value is -1.40. The van der Waals surface area contributed by atoms with Gasteiger partial charge in [-0.05, 0) is 23.4 Å². The standard InChI is InChI=1S/C12H15NO4S/c1-2-7-3-4-18-10(7)11(15)13-6-8(14)5-9(13)12(16)17/h3-4,8-9,14H,2,5-6H2,1H3,(H,16,17)/t8?,9-/m0/s1. The van der Waals surface area contributed by atoms with Gasteiger partial charge in [-0.1, -0.05) is 6.92 Å². The predicted octanol–water partition coefficient (Wildman–Crippen LogP) is 0.971. The van der Waals surface area contributed by atoms with E-state index in [1.165, 1.54) is 16.2 Å². The van der Waals surface area contributed by atoms with Gasteiger partial charge in [0.15, 0.2) is 0 Å². The second-order valence-corrected chi connectivity index (χ2v) is 5.25. The van der Waals surface area contributed by atoms with E-state index in [9.17, 15) is 14.7 Å². The van der Waals surface area contributed by atoms with E-state index >= 15 is 0 Å². The number of carbonyl (C=O) groups excluding carboxylic acids is 1. The number of carbonyl (C=O) groups is 2. The molecule has 18 heavy (non-hydrogen) atoms. The van der Waals surface area contributed by atoms with Crippen LogP contribution in [-0.4, -0.2) is 45.7 Å². The molecule has 1 fully saturated rings. The number of aliphatic hydroxyl groups is 1. The SMILES string of the molecule is CCc1ccsc1C(=O)N1CC(O)C[C@H]1C(=O)O. The molecule has 0 radical (unpaired) electrons. The summed E-state index contributed by atoms with van der Waals surface area (Å²) in [5, 5.41) is 20.4. The van der Waals surface area contributed by atoms with Crippen LogP contribution in [0.4, 0.5) is 0 Å². The molecule has 6 heteroatoms. The Balaban J connectivity index is 2.25. The van der Waals surface area contributed by atoms with E-state index in [-0.39, 0.29) is 18.9 Å². The molecule has 0 aromatic carbocycles. The highest BCUT2D eigenvalue weighted by atomic mass is 32.1. The molecular formula is C12H15NO4S. The van der Waals surface area contributed by atoms with Gasteiger partial charge in [0.25, 0.3) is 5.91 Å². The maximum atomic E-state index is 12.3. The number of aryl methyl sites for hydroxylation is 1. The van der Waals surface area contributed by atoms with Gasteiger partial charge in [-0.25, -0.2) is 4.79 Å². The highest BCUT2D eigenvalue weighted by Gasteiger charge is 2.39. The summed E-state index contributed by atoms with van der Waals surface area (Å²) in [5.41, 5.74) is 0.926. The molecule has 2 N–H and O–H groups in total. The molecule has 1 aliphatic heterocycles. The maximum absolute atomic E-state index is 12.3. The monoisotopic (exact) mass is 269 g/mol. The highest BCUT2D eigenvalue weighted by molar-refractivity contribution is 7.12. The van der Waals surface area contributed by atoms with Crippen LogP contribution in [-0.2, 0) is 11.2 Å².